The molecule has 0 bridgehead atoms. The van der Waals surface area contributed by atoms with Gasteiger partial charge in [-0.1, -0.05) is 24.3 Å². The molecule has 0 aromatic heterocycles. The Morgan fingerprint density at radius 2 is 1.73 bits per heavy atom. The molecule has 1 atom stereocenters. The maximum absolute atomic E-state index is 14.2. The zero-order valence-corrected chi connectivity index (χ0v) is 17.8. The predicted octanol–water partition coefficient (Wildman–Crippen LogP) is 3.80. The van der Waals surface area contributed by atoms with E-state index in [-0.39, 0.29) is 16.5 Å². The number of carbonyl (C=O) groups excluding carboxylic acids is 2. The Morgan fingerprint density at radius 3 is 2.37 bits per heavy atom. The Kier molecular flexibility index (Phi) is 6.17. The van der Waals surface area contributed by atoms with E-state index in [4.69, 9.17) is 21.7 Å². The van der Waals surface area contributed by atoms with Crippen LogP contribution in [0.5, 0.6) is 0 Å². The Labute approximate surface area is 179 Å². The number of nitrogens with zero attached hydrogens (tertiary/aromatic N) is 1. The molecule has 2 aromatic carbocycles. The third kappa shape index (κ3) is 3.78. The lowest BCUT2D eigenvalue weighted by Crippen LogP contribution is -2.48. The van der Waals surface area contributed by atoms with Gasteiger partial charge in [-0.3, -0.25) is 4.90 Å². The van der Waals surface area contributed by atoms with Gasteiger partial charge in [0, 0.05) is 5.70 Å². The molecule has 1 heterocycles. The number of carbonyl (C=O) groups is 2. The summed E-state index contributed by atoms with van der Waals surface area (Å²) in [5.74, 6) is -1.52. The molecule has 0 fully saturated rings. The molecule has 156 valence electrons. The Morgan fingerprint density at radius 1 is 1.07 bits per heavy atom. The van der Waals surface area contributed by atoms with Crippen LogP contribution in [0.3, 0.4) is 0 Å². The van der Waals surface area contributed by atoms with Gasteiger partial charge < -0.3 is 14.8 Å². The second-order valence-electron chi connectivity index (χ2n) is 6.72. The van der Waals surface area contributed by atoms with E-state index in [1.165, 1.54) is 20.3 Å². The van der Waals surface area contributed by atoms with Crippen LogP contribution in [0.15, 0.2) is 53.7 Å². The van der Waals surface area contributed by atoms with E-state index >= 15 is 0 Å². The number of ether oxygens (including phenoxy) is 2. The zero-order chi connectivity index (χ0) is 22.0. The number of esters is 2. The van der Waals surface area contributed by atoms with Gasteiger partial charge in [0.15, 0.2) is 5.11 Å². The lowest BCUT2D eigenvalue weighted by molar-refractivity contribution is -0.136. The van der Waals surface area contributed by atoms with Crippen molar-refractivity contribution in [3.8, 4) is 0 Å². The SMILES string of the molecule is COC(=O)C1=C(C)N(c2ccc(C)c(F)c2)C(=S)NC1c1ccccc1C(=O)OC. The van der Waals surface area contributed by atoms with Crippen molar-refractivity contribution in [1.29, 1.82) is 0 Å². The topological polar surface area (TPSA) is 67.9 Å². The number of nitrogens with one attached hydrogen (secondary N) is 1. The number of anilines is 1. The highest BCUT2D eigenvalue weighted by molar-refractivity contribution is 7.80. The predicted molar refractivity (Wildman–Crippen MR) is 115 cm³/mol. The van der Waals surface area contributed by atoms with Crippen molar-refractivity contribution >= 4 is 35.0 Å². The molecule has 0 radical (unpaired) electrons. The van der Waals surface area contributed by atoms with Gasteiger partial charge in [-0.2, -0.15) is 0 Å². The number of thiocarbonyl (C=S) groups is 1. The maximum atomic E-state index is 14.2. The third-order valence-electron chi connectivity index (χ3n) is 4.98. The molecule has 0 spiro atoms. The molecular formula is C22H21FN2O4S. The Balaban J connectivity index is 2.20. The summed E-state index contributed by atoms with van der Waals surface area (Å²) in [5, 5.41) is 3.36. The summed E-state index contributed by atoms with van der Waals surface area (Å²) in [7, 11) is 2.56. The minimum absolute atomic E-state index is 0.253. The largest absolute Gasteiger partial charge is 0.466 e. The third-order valence-corrected chi connectivity index (χ3v) is 5.28. The molecule has 6 nitrogen and oxygen atoms in total. The molecule has 1 aliphatic heterocycles. The van der Waals surface area contributed by atoms with Crippen LogP contribution < -0.4 is 10.2 Å². The summed E-state index contributed by atoms with van der Waals surface area (Å²) in [6.07, 6.45) is 0. The first-order valence-electron chi connectivity index (χ1n) is 9.13. The van der Waals surface area contributed by atoms with Gasteiger partial charge >= 0.3 is 11.9 Å². The fourth-order valence-electron chi connectivity index (χ4n) is 3.43. The molecule has 3 rings (SSSR count). The summed E-state index contributed by atoms with van der Waals surface area (Å²) in [4.78, 5) is 26.6. The standard InChI is InChI=1S/C22H21FN2O4S/c1-12-9-10-14(11-17(12)23)25-13(2)18(21(27)29-4)19(24-22(25)30)15-7-5-6-8-16(15)20(26)28-3/h5-11,19H,1-4H3,(H,24,30). The molecule has 2 aromatic rings. The molecule has 30 heavy (non-hydrogen) atoms. The van der Waals surface area contributed by atoms with Crippen LogP contribution in [0.4, 0.5) is 10.1 Å². The summed E-state index contributed by atoms with van der Waals surface area (Å²) in [6.45, 7) is 3.36. The number of hydrogen-bond acceptors (Lipinski definition) is 5. The van der Waals surface area contributed by atoms with E-state index in [1.54, 1.807) is 55.1 Å². The molecule has 1 N–H and O–H groups in total. The molecule has 1 aliphatic rings. The van der Waals surface area contributed by atoms with Crippen LogP contribution in [0.2, 0.25) is 0 Å². The Bertz CT molecular complexity index is 1070. The van der Waals surface area contributed by atoms with Crippen LogP contribution in [-0.4, -0.2) is 31.3 Å². The van der Waals surface area contributed by atoms with Gasteiger partial charge in [-0.15, -0.1) is 0 Å². The Hall–Kier alpha value is -3.26. The highest BCUT2D eigenvalue weighted by Gasteiger charge is 2.37. The van der Waals surface area contributed by atoms with Gasteiger partial charge in [-0.05, 0) is 55.4 Å². The van der Waals surface area contributed by atoms with Gasteiger partial charge in [-0.25, -0.2) is 14.0 Å². The quantitative estimate of drug-likeness (QED) is 0.587. The number of aryl methyl sites for hydroxylation is 1. The van der Waals surface area contributed by atoms with E-state index in [2.05, 4.69) is 5.32 Å². The van der Waals surface area contributed by atoms with Crippen molar-refractivity contribution in [3.05, 3.63) is 76.2 Å². The van der Waals surface area contributed by atoms with Crippen LogP contribution in [0.1, 0.15) is 34.5 Å². The highest BCUT2D eigenvalue weighted by Crippen LogP contribution is 2.36. The molecule has 0 saturated carbocycles. The van der Waals surface area contributed by atoms with Gasteiger partial charge in [0.1, 0.15) is 5.82 Å². The van der Waals surface area contributed by atoms with E-state index in [0.717, 1.165) is 0 Å². The van der Waals surface area contributed by atoms with Gasteiger partial charge in [0.25, 0.3) is 0 Å². The first kappa shape index (κ1) is 21.4. The highest BCUT2D eigenvalue weighted by atomic mass is 32.1. The van der Waals surface area contributed by atoms with E-state index in [0.29, 0.717) is 28.1 Å². The molecule has 0 saturated heterocycles. The average Bonchev–Trinajstić information content (AvgIpc) is 2.74. The van der Waals surface area contributed by atoms with Crippen LogP contribution in [0, 0.1) is 12.7 Å². The number of hydrogen-bond donors (Lipinski definition) is 1. The number of methoxy groups -OCH3 is 2. The van der Waals surface area contributed by atoms with Crippen LogP contribution in [0.25, 0.3) is 0 Å². The van der Waals surface area contributed by atoms with Gasteiger partial charge in [0.05, 0.1) is 37.1 Å². The van der Waals surface area contributed by atoms with Crippen LogP contribution >= 0.6 is 12.2 Å². The van der Waals surface area contributed by atoms with Crippen molar-refractivity contribution in [2.75, 3.05) is 19.1 Å². The lowest BCUT2D eigenvalue weighted by atomic mass is 9.91. The molecule has 8 heteroatoms. The molecular weight excluding hydrogens is 407 g/mol. The normalized spacial score (nSPS) is 16.2. The average molecular weight is 428 g/mol. The molecule has 1 unspecified atom stereocenters. The second kappa shape index (κ2) is 8.62. The molecule has 0 aliphatic carbocycles. The van der Waals surface area contributed by atoms with Gasteiger partial charge in [0.2, 0.25) is 0 Å². The van der Waals surface area contributed by atoms with Crippen molar-refractivity contribution in [2.45, 2.75) is 19.9 Å². The summed E-state index contributed by atoms with van der Waals surface area (Å²) in [5.41, 5.74) is 2.50. The fraction of sp³-hybridized carbons (Fsp3) is 0.227. The van der Waals surface area contributed by atoms with Crippen molar-refractivity contribution in [1.82, 2.24) is 5.32 Å². The van der Waals surface area contributed by atoms with E-state index < -0.39 is 18.0 Å². The number of rotatable bonds is 4. The van der Waals surface area contributed by atoms with E-state index in [1.807, 2.05) is 0 Å². The van der Waals surface area contributed by atoms with Crippen molar-refractivity contribution in [3.63, 3.8) is 0 Å². The number of allylic oxidation sites excluding steroid dienone is 1. The van der Waals surface area contributed by atoms with Crippen LogP contribution in [-0.2, 0) is 14.3 Å². The minimum atomic E-state index is -0.744. The first-order chi connectivity index (χ1) is 14.3. The fourth-order valence-corrected chi connectivity index (χ4v) is 3.79. The summed E-state index contributed by atoms with van der Waals surface area (Å²) < 4.78 is 24.1. The lowest BCUT2D eigenvalue weighted by Gasteiger charge is -2.37. The first-order valence-corrected chi connectivity index (χ1v) is 9.54. The maximum Gasteiger partial charge on any atom is 0.338 e. The van der Waals surface area contributed by atoms with E-state index in [9.17, 15) is 14.0 Å². The zero-order valence-electron chi connectivity index (χ0n) is 17.0. The smallest absolute Gasteiger partial charge is 0.338 e. The summed E-state index contributed by atoms with van der Waals surface area (Å²) in [6, 6.07) is 10.7. The van der Waals surface area contributed by atoms with Crippen molar-refractivity contribution in [2.24, 2.45) is 0 Å². The monoisotopic (exact) mass is 428 g/mol. The van der Waals surface area contributed by atoms with Crippen molar-refractivity contribution < 1.29 is 23.5 Å². The number of halogens is 1. The second-order valence-corrected chi connectivity index (χ2v) is 7.11. The minimum Gasteiger partial charge on any atom is -0.466 e. The summed E-state index contributed by atoms with van der Waals surface area (Å²) >= 11 is 5.54. The molecule has 0 amide bonds. The number of benzene rings is 2.